The molecular weight excluding hydrogens is 109 g/mol. The molecule has 0 bridgehead atoms. The highest BCUT2D eigenvalue weighted by atomic mass is 19.1. The predicted octanol–water partition coefficient (Wildman–Crippen LogP) is -0.321. The molecule has 0 aliphatic carbocycles. The lowest BCUT2D eigenvalue weighted by molar-refractivity contribution is 0.0967. The van der Waals surface area contributed by atoms with Gasteiger partial charge in [0, 0.05) is 19.5 Å². The van der Waals surface area contributed by atoms with Crippen LogP contribution in [0, 0.1) is 0 Å². The van der Waals surface area contributed by atoms with Crippen LogP contribution in [0.4, 0.5) is 4.39 Å². The van der Waals surface area contributed by atoms with Crippen molar-refractivity contribution in [1.29, 1.82) is 0 Å². The Balaban J connectivity index is 2.23. The second-order valence-corrected chi connectivity index (χ2v) is 2.15. The standard InChI is InChI=1S/C5H10FNO/c6-4-1-5(8)3-7-2-4/h4-5,7-8H,1-3H2/t4-,5-/m1/s1. The van der Waals surface area contributed by atoms with Crippen LogP contribution in [0.5, 0.6) is 0 Å². The second kappa shape index (κ2) is 2.42. The monoisotopic (exact) mass is 119 g/mol. The summed E-state index contributed by atoms with van der Waals surface area (Å²) in [7, 11) is 0. The largest absolute Gasteiger partial charge is 0.392 e. The van der Waals surface area contributed by atoms with Crippen LogP contribution in [-0.4, -0.2) is 30.5 Å². The van der Waals surface area contributed by atoms with Crippen molar-refractivity contribution in [3.05, 3.63) is 0 Å². The zero-order chi connectivity index (χ0) is 5.98. The SMILES string of the molecule is O[C@H]1CNC[C@H](F)C1. The van der Waals surface area contributed by atoms with E-state index in [1.165, 1.54) is 0 Å². The number of hydrogen-bond acceptors (Lipinski definition) is 2. The zero-order valence-electron chi connectivity index (χ0n) is 4.60. The first kappa shape index (κ1) is 5.98. The highest BCUT2D eigenvalue weighted by Gasteiger charge is 2.17. The van der Waals surface area contributed by atoms with Gasteiger partial charge in [0.05, 0.1) is 6.10 Å². The summed E-state index contributed by atoms with van der Waals surface area (Å²) in [5.41, 5.74) is 0. The normalized spacial score (nSPS) is 39.8. The number of aliphatic hydroxyl groups is 1. The van der Waals surface area contributed by atoms with E-state index in [0.717, 1.165) is 0 Å². The van der Waals surface area contributed by atoms with E-state index in [2.05, 4.69) is 5.32 Å². The lowest BCUT2D eigenvalue weighted by Crippen LogP contribution is -2.40. The van der Waals surface area contributed by atoms with Gasteiger partial charge in [-0.05, 0) is 0 Å². The Morgan fingerprint density at radius 1 is 1.50 bits per heavy atom. The number of aliphatic hydroxyl groups excluding tert-OH is 1. The van der Waals surface area contributed by atoms with Crippen LogP contribution in [0.1, 0.15) is 6.42 Å². The summed E-state index contributed by atoms with van der Waals surface area (Å²) in [4.78, 5) is 0. The molecule has 1 aliphatic heterocycles. The van der Waals surface area contributed by atoms with Gasteiger partial charge in [0.2, 0.25) is 0 Å². The van der Waals surface area contributed by atoms with Gasteiger partial charge in [-0.3, -0.25) is 0 Å². The smallest absolute Gasteiger partial charge is 0.115 e. The first-order chi connectivity index (χ1) is 3.79. The number of β-amino-alcohol motifs (C(OH)–C–C–N with tert-alkyl or cyclic N) is 1. The van der Waals surface area contributed by atoms with Gasteiger partial charge in [0.1, 0.15) is 6.17 Å². The van der Waals surface area contributed by atoms with E-state index in [9.17, 15) is 4.39 Å². The number of nitrogens with one attached hydrogen (secondary N) is 1. The molecule has 0 spiro atoms. The molecule has 2 nitrogen and oxygen atoms in total. The highest BCUT2D eigenvalue weighted by Crippen LogP contribution is 2.04. The molecule has 1 heterocycles. The molecule has 3 heteroatoms. The summed E-state index contributed by atoms with van der Waals surface area (Å²) in [6.45, 7) is 0.942. The molecule has 0 saturated carbocycles. The van der Waals surface area contributed by atoms with Crippen molar-refractivity contribution in [2.75, 3.05) is 13.1 Å². The zero-order valence-corrected chi connectivity index (χ0v) is 4.60. The van der Waals surface area contributed by atoms with Gasteiger partial charge < -0.3 is 10.4 Å². The summed E-state index contributed by atoms with van der Waals surface area (Å²) in [6.07, 6.45) is -1.02. The summed E-state index contributed by atoms with van der Waals surface area (Å²) in [5, 5.41) is 11.5. The van der Waals surface area contributed by atoms with Crippen molar-refractivity contribution in [3.8, 4) is 0 Å². The summed E-state index contributed by atoms with van der Waals surface area (Å²) < 4.78 is 12.2. The number of halogens is 1. The number of hydrogen-bond donors (Lipinski definition) is 2. The quantitative estimate of drug-likeness (QED) is 0.458. The van der Waals surface area contributed by atoms with Gasteiger partial charge in [0.25, 0.3) is 0 Å². The van der Waals surface area contributed by atoms with Crippen LogP contribution in [0.2, 0.25) is 0 Å². The van der Waals surface area contributed by atoms with Crippen LogP contribution in [-0.2, 0) is 0 Å². The molecule has 2 atom stereocenters. The van der Waals surface area contributed by atoms with E-state index in [0.29, 0.717) is 19.5 Å². The predicted molar refractivity (Wildman–Crippen MR) is 28.4 cm³/mol. The summed E-state index contributed by atoms with van der Waals surface area (Å²) in [6, 6.07) is 0. The number of piperidine rings is 1. The summed E-state index contributed by atoms with van der Waals surface area (Å²) in [5.74, 6) is 0. The lowest BCUT2D eigenvalue weighted by atomic mass is 10.1. The van der Waals surface area contributed by atoms with E-state index in [4.69, 9.17) is 5.11 Å². The van der Waals surface area contributed by atoms with Gasteiger partial charge in [-0.15, -0.1) is 0 Å². The van der Waals surface area contributed by atoms with Crippen molar-refractivity contribution in [1.82, 2.24) is 5.32 Å². The molecule has 0 aromatic rings. The molecule has 2 N–H and O–H groups in total. The average molecular weight is 119 g/mol. The third-order valence-electron chi connectivity index (χ3n) is 1.27. The first-order valence-electron chi connectivity index (χ1n) is 2.82. The maximum atomic E-state index is 12.2. The van der Waals surface area contributed by atoms with Crippen molar-refractivity contribution in [3.63, 3.8) is 0 Å². The van der Waals surface area contributed by atoms with E-state index >= 15 is 0 Å². The van der Waals surface area contributed by atoms with Gasteiger partial charge >= 0.3 is 0 Å². The Hall–Kier alpha value is -0.150. The van der Waals surface area contributed by atoms with Crippen molar-refractivity contribution < 1.29 is 9.50 Å². The highest BCUT2D eigenvalue weighted by molar-refractivity contribution is 4.73. The van der Waals surface area contributed by atoms with E-state index < -0.39 is 12.3 Å². The third kappa shape index (κ3) is 1.42. The van der Waals surface area contributed by atoms with Gasteiger partial charge in [-0.1, -0.05) is 0 Å². The maximum Gasteiger partial charge on any atom is 0.115 e. The molecule has 1 rings (SSSR count). The molecule has 1 saturated heterocycles. The van der Waals surface area contributed by atoms with E-state index in [1.54, 1.807) is 0 Å². The molecule has 1 fully saturated rings. The fourth-order valence-corrected chi connectivity index (χ4v) is 0.868. The Kier molecular flexibility index (Phi) is 1.81. The average Bonchev–Trinajstić information content (AvgIpc) is 1.64. The van der Waals surface area contributed by atoms with Crippen molar-refractivity contribution >= 4 is 0 Å². The summed E-state index contributed by atoms with van der Waals surface area (Å²) >= 11 is 0. The first-order valence-corrected chi connectivity index (χ1v) is 2.82. The minimum absolute atomic E-state index is 0.299. The molecule has 0 amide bonds. The van der Waals surface area contributed by atoms with E-state index in [-0.39, 0.29) is 0 Å². The number of rotatable bonds is 0. The molecule has 48 valence electrons. The molecular formula is C5H10FNO. The Bertz CT molecular complexity index is 70.8. The van der Waals surface area contributed by atoms with Gasteiger partial charge in [0.15, 0.2) is 0 Å². The Morgan fingerprint density at radius 3 is 2.62 bits per heavy atom. The third-order valence-corrected chi connectivity index (χ3v) is 1.27. The van der Waals surface area contributed by atoms with Crippen molar-refractivity contribution in [2.24, 2.45) is 0 Å². The van der Waals surface area contributed by atoms with Crippen molar-refractivity contribution in [2.45, 2.75) is 18.7 Å². The van der Waals surface area contributed by atoms with E-state index in [1.807, 2.05) is 0 Å². The minimum atomic E-state index is -0.848. The van der Waals surface area contributed by atoms with Gasteiger partial charge in [-0.25, -0.2) is 4.39 Å². The molecule has 0 aromatic carbocycles. The number of alkyl halides is 1. The molecule has 0 aromatic heterocycles. The maximum absolute atomic E-state index is 12.2. The van der Waals surface area contributed by atoms with Crippen LogP contribution in [0.25, 0.3) is 0 Å². The molecule has 0 radical (unpaired) electrons. The van der Waals surface area contributed by atoms with Crippen LogP contribution in [0.15, 0.2) is 0 Å². The molecule has 1 aliphatic rings. The van der Waals surface area contributed by atoms with Crippen LogP contribution < -0.4 is 5.32 Å². The topological polar surface area (TPSA) is 32.3 Å². The van der Waals surface area contributed by atoms with Crippen LogP contribution >= 0.6 is 0 Å². The minimum Gasteiger partial charge on any atom is -0.392 e. The molecule has 0 unspecified atom stereocenters. The fourth-order valence-electron chi connectivity index (χ4n) is 0.868. The second-order valence-electron chi connectivity index (χ2n) is 2.15. The van der Waals surface area contributed by atoms with Crippen LogP contribution in [0.3, 0.4) is 0 Å². The Labute approximate surface area is 47.7 Å². The Morgan fingerprint density at radius 2 is 2.25 bits per heavy atom. The lowest BCUT2D eigenvalue weighted by Gasteiger charge is -2.20. The fraction of sp³-hybridized carbons (Fsp3) is 1.00. The van der Waals surface area contributed by atoms with Gasteiger partial charge in [-0.2, -0.15) is 0 Å². The molecule has 8 heavy (non-hydrogen) atoms.